The predicted octanol–water partition coefficient (Wildman–Crippen LogP) is 3.39. The van der Waals surface area contributed by atoms with Crippen LogP contribution < -0.4 is 0 Å². The number of rotatable bonds is 5. The zero-order chi connectivity index (χ0) is 14.9. The summed E-state index contributed by atoms with van der Waals surface area (Å²) in [5, 5.41) is 0. The second-order valence-corrected chi connectivity index (χ2v) is 4.58. The van der Waals surface area contributed by atoms with E-state index in [0.717, 1.165) is 25.9 Å². The van der Waals surface area contributed by atoms with Crippen molar-refractivity contribution in [3.05, 3.63) is 0 Å². The van der Waals surface area contributed by atoms with Crippen molar-refractivity contribution in [2.24, 2.45) is 0 Å². The minimum atomic E-state index is 0.375. The molecule has 0 atom stereocenters. The zero-order valence-corrected chi connectivity index (χ0v) is 13.1. The Hall–Kier alpha value is -1.06. The fourth-order valence-electron chi connectivity index (χ4n) is 1.65. The quantitative estimate of drug-likeness (QED) is 0.570. The molecule has 1 saturated heterocycles. The third kappa shape index (κ3) is 14.9. The molecule has 114 valence electrons. The Morgan fingerprint density at radius 3 is 2.00 bits per heavy atom. The second kappa shape index (κ2) is 16.9. The van der Waals surface area contributed by atoms with Crippen LogP contribution in [0.15, 0.2) is 0 Å². The normalized spacial score (nSPS) is 12.7. The molecule has 4 heteroatoms. The molecule has 0 unspecified atom stereocenters. The molecule has 1 heterocycles. The van der Waals surface area contributed by atoms with E-state index in [0.29, 0.717) is 12.4 Å². The van der Waals surface area contributed by atoms with Crippen LogP contribution in [0.4, 0.5) is 0 Å². The van der Waals surface area contributed by atoms with Gasteiger partial charge in [0, 0.05) is 19.5 Å². The summed E-state index contributed by atoms with van der Waals surface area (Å²) in [6, 6.07) is 0. The van der Waals surface area contributed by atoms with Gasteiger partial charge in [-0.3, -0.25) is 9.59 Å². The number of nitrogens with zero attached hydrogens (tertiary/aromatic N) is 1. The average Bonchev–Trinajstić information content (AvgIpc) is 2.94. The summed E-state index contributed by atoms with van der Waals surface area (Å²) in [6.45, 7) is 8.80. The Morgan fingerprint density at radius 2 is 1.63 bits per heavy atom. The molecule has 0 saturated carbocycles. The lowest BCUT2D eigenvalue weighted by molar-refractivity contribution is -0.130. The van der Waals surface area contributed by atoms with Crippen LogP contribution in [0.25, 0.3) is 0 Å². The molecule has 0 aliphatic carbocycles. The summed E-state index contributed by atoms with van der Waals surface area (Å²) in [6.07, 6.45) is 7.91. The Kier molecular flexibility index (Phi) is 18.1. The molecule has 0 bridgehead atoms. The van der Waals surface area contributed by atoms with Crippen LogP contribution in [-0.2, 0) is 14.3 Å². The van der Waals surface area contributed by atoms with Crippen molar-refractivity contribution >= 4 is 12.4 Å². The third-order valence-corrected chi connectivity index (χ3v) is 2.55. The smallest absolute Gasteiger partial charge is 0.292 e. The van der Waals surface area contributed by atoms with E-state index < -0.39 is 0 Å². The first-order valence-corrected chi connectivity index (χ1v) is 7.41. The molecule has 1 amide bonds. The molecule has 1 aliphatic heterocycles. The molecular weight excluding hydrogens is 242 g/mol. The predicted molar refractivity (Wildman–Crippen MR) is 79.0 cm³/mol. The van der Waals surface area contributed by atoms with Crippen LogP contribution in [-0.4, -0.2) is 37.5 Å². The molecule has 1 fully saturated rings. The number of carbonyl (C=O) groups is 2. The standard InChI is InChI=1S/C10H19NO.C3H8.C2H4O2/c1-2-3-4-7-10(12)11-8-5-6-9-11;1-3-2;1-4-2-3/h2-9H2,1H3;3H2,1-2H3;2H,1H3. The SMILES string of the molecule is CCC.CCCCCC(=O)N1CCCC1.COC=O. The molecule has 0 aromatic carbocycles. The van der Waals surface area contributed by atoms with Gasteiger partial charge in [-0.2, -0.15) is 0 Å². The molecule has 4 nitrogen and oxygen atoms in total. The highest BCUT2D eigenvalue weighted by Crippen LogP contribution is 2.10. The summed E-state index contributed by atoms with van der Waals surface area (Å²) in [5.74, 6) is 0.376. The molecule has 1 aliphatic rings. The van der Waals surface area contributed by atoms with Crippen LogP contribution in [0.1, 0.15) is 65.7 Å². The number of likely N-dealkylation sites (tertiary alicyclic amines) is 1. The first kappa shape index (κ1) is 20.3. The molecule has 0 aromatic rings. The van der Waals surface area contributed by atoms with Crippen LogP contribution in [0.2, 0.25) is 0 Å². The van der Waals surface area contributed by atoms with Gasteiger partial charge in [0.25, 0.3) is 6.47 Å². The molecule has 0 N–H and O–H groups in total. The Labute approximate surface area is 118 Å². The number of methoxy groups -OCH3 is 1. The molecule has 19 heavy (non-hydrogen) atoms. The zero-order valence-electron chi connectivity index (χ0n) is 13.1. The van der Waals surface area contributed by atoms with Crippen molar-refractivity contribution in [2.45, 2.75) is 65.7 Å². The highest BCUT2D eigenvalue weighted by atomic mass is 16.5. The van der Waals surface area contributed by atoms with Gasteiger partial charge in [0.1, 0.15) is 0 Å². The van der Waals surface area contributed by atoms with E-state index in [2.05, 4.69) is 25.5 Å². The number of amides is 1. The van der Waals surface area contributed by atoms with E-state index in [4.69, 9.17) is 4.79 Å². The van der Waals surface area contributed by atoms with E-state index in [9.17, 15) is 4.79 Å². The first-order chi connectivity index (χ1) is 9.17. The van der Waals surface area contributed by atoms with Crippen LogP contribution in [0, 0.1) is 0 Å². The summed E-state index contributed by atoms with van der Waals surface area (Å²) < 4.78 is 3.86. The summed E-state index contributed by atoms with van der Waals surface area (Å²) >= 11 is 0. The van der Waals surface area contributed by atoms with Gasteiger partial charge < -0.3 is 9.64 Å². The minimum Gasteiger partial charge on any atom is -0.471 e. The van der Waals surface area contributed by atoms with Crippen LogP contribution in [0.3, 0.4) is 0 Å². The van der Waals surface area contributed by atoms with Gasteiger partial charge in [-0.05, 0) is 19.3 Å². The fourth-order valence-corrected chi connectivity index (χ4v) is 1.65. The largest absolute Gasteiger partial charge is 0.471 e. The van der Waals surface area contributed by atoms with E-state index in [1.807, 2.05) is 4.90 Å². The third-order valence-electron chi connectivity index (χ3n) is 2.55. The van der Waals surface area contributed by atoms with Crippen LogP contribution in [0.5, 0.6) is 0 Å². The maximum Gasteiger partial charge on any atom is 0.292 e. The fraction of sp³-hybridized carbons (Fsp3) is 0.867. The second-order valence-electron chi connectivity index (χ2n) is 4.58. The number of ether oxygens (including phenoxy) is 1. The monoisotopic (exact) mass is 273 g/mol. The van der Waals surface area contributed by atoms with Crippen molar-refractivity contribution in [1.82, 2.24) is 4.90 Å². The van der Waals surface area contributed by atoms with Crippen molar-refractivity contribution < 1.29 is 14.3 Å². The summed E-state index contributed by atoms with van der Waals surface area (Å²) in [5.41, 5.74) is 0. The lowest BCUT2D eigenvalue weighted by Crippen LogP contribution is -2.27. The highest BCUT2D eigenvalue weighted by molar-refractivity contribution is 5.76. The minimum absolute atomic E-state index is 0.375. The van der Waals surface area contributed by atoms with Gasteiger partial charge in [-0.1, -0.05) is 40.0 Å². The Bertz CT molecular complexity index is 202. The molecule has 0 radical (unpaired) electrons. The summed E-state index contributed by atoms with van der Waals surface area (Å²) in [4.78, 5) is 22.4. The van der Waals surface area contributed by atoms with E-state index in [1.165, 1.54) is 39.2 Å². The maximum absolute atomic E-state index is 11.4. The summed E-state index contributed by atoms with van der Waals surface area (Å²) in [7, 11) is 1.31. The van der Waals surface area contributed by atoms with Gasteiger partial charge in [-0.15, -0.1) is 0 Å². The maximum atomic E-state index is 11.4. The van der Waals surface area contributed by atoms with Crippen molar-refractivity contribution in [1.29, 1.82) is 0 Å². The van der Waals surface area contributed by atoms with Crippen LogP contribution >= 0.6 is 0 Å². The topological polar surface area (TPSA) is 46.6 Å². The van der Waals surface area contributed by atoms with Gasteiger partial charge >= 0.3 is 0 Å². The van der Waals surface area contributed by atoms with Gasteiger partial charge in [0.2, 0.25) is 5.91 Å². The van der Waals surface area contributed by atoms with Gasteiger partial charge in [0.05, 0.1) is 7.11 Å². The number of hydrogen-bond acceptors (Lipinski definition) is 3. The molecular formula is C15H31NO3. The van der Waals surface area contributed by atoms with E-state index in [-0.39, 0.29) is 0 Å². The Balaban J connectivity index is 0. The highest BCUT2D eigenvalue weighted by Gasteiger charge is 2.16. The lowest BCUT2D eigenvalue weighted by atomic mass is 10.2. The molecule has 1 rings (SSSR count). The molecule has 0 aromatic heterocycles. The Morgan fingerprint density at radius 1 is 1.16 bits per heavy atom. The van der Waals surface area contributed by atoms with Gasteiger partial charge in [0.15, 0.2) is 0 Å². The van der Waals surface area contributed by atoms with Crippen molar-refractivity contribution in [3.63, 3.8) is 0 Å². The van der Waals surface area contributed by atoms with Crippen molar-refractivity contribution in [2.75, 3.05) is 20.2 Å². The number of hydrogen-bond donors (Lipinski definition) is 0. The van der Waals surface area contributed by atoms with E-state index in [1.54, 1.807) is 0 Å². The first-order valence-electron chi connectivity index (χ1n) is 7.41. The van der Waals surface area contributed by atoms with Gasteiger partial charge in [-0.25, -0.2) is 0 Å². The van der Waals surface area contributed by atoms with Crippen molar-refractivity contribution in [3.8, 4) is 0 Å². The lowest BCUT2D eigenvalue weighted by Gasteiger charge is -2.14. The van der Waals surface area contributed by atoms with E-state index >= 15 is 0 Å². The number of unbranched alkanes of at least 4 members (excludes halogenated alkanes) is 2. The average molecular weight is 273 g/mol. The molecule has 0 spiro atoms. The number of carbonyl (C=O) groups excluding carboxylic acids is 2.